The molecule has 0 aromatic rings. The molecule has 1 amide bonds. The molecule has 0 aromatic heterocycles. The summed E-state index contributed by atoms with van der Waals surface area (Å²) in [6.45, 7) is 7.08. The SMILES string of the molecule is CCCCCCCC/C=C/CCCCCCCCCCCCCCCCCCCC(=O)OC(/C=C\CCCCCCCCCCCCC)C(COP(=O)(O)OCC[N+](C)(C)C)NC(=O)CCCCCCCCCCCCCCCCCC. The molecule has 0 aliphatic heterocycles. The fourth-order valence-electron chi connectivity index (χ4n) is 11.1. The summed E-state index contributed by atoms with van der Waals surface area (Å²) in [5, 5.41) is 3.08. The molecule has 0 bridgehead atoms. The largest absolute Gasteiger partial charge is 0.472 e. The zero-order chi connectivity index (χ0) is 60.0. The van der Waals surface area contributed by atoms with Gasteiger partial charge in [-0.2, -0.15) is 0 Å². The highest BCUT2D eigenvalue weighted by atomic mass is 31.2. The van der Waals surface area contributed by atoms with Crippen LogP contribution in [0, 0.1) is 0 Å². The molecule has 0 aromatic carbocycles. The summed E-state index contributed by atoms with van der Waals surface area (Å²) in [5.41, 5.74) is 0. The number of nitrogens with zero attached hydrogens (tertiary/aromatic N) is 1. The van der Waals surface area contributed by atoms with E-state index in [0.29, 0.717) is 23.9 Å². The Morgan fingerprint density at radius 3 is 1.04 bits per heavy atom. The molecule has 2 N–H and O–H groups in total. The van der Waals surface area contributed by atoms with Crippen LogP contribution in [-0.2, 0) is 27.9 Å². The number of nitrogens with one attached hydrogen (secondary N) is 1. The zero-order valence-electron chi connectivity index (χ0n) is 55.8. The summed E-state index contributed by atoms with van der Waals surface area (Å²) in [6, 6.07) is -0.842. The highest BCUT2D eigenvalue weighted by Gasteiger charge is 2.30. The smallest absolute Gasteiger partial charge is 0.456 e. The maximum absolute atomic E-state index is 13.6. The van der Waals surface area contributed by atoms with Gasteiger partial charge in [-0.1, -0.05) is 328 Å². The number of amides is 1. The van der Waals surface area contributed by atoms with E-state index >= 15 is 0 Å². The predicted octanol–water partition coefficient (Wildman–Crippen LogP) is 22.9. The van der Waals surface area contributed by atoms with Crippen molar-refractivity contribution in [2.75, 3.05) is 40.9 Å². The average molecular weight is 1180 g/mol. The average Bonchev–Trinajstić information content (AvgIpc) is 3.45. The number of esters is 1. The van der Waals surface area contributed by atoms with Crippen LogP contribution in [0.1, 0.15) is 374 Å². The summed E-state index contributed by atoms with van der Waals surface area (Å²) in [7, 11) is 1.52. The number of phosphoric ester groups is 1. The Morgan fingerprint density at radius 2 is 0.707 bits per heavy atom. The highest BCUT2D eigenvalue weighted by molar-refractivity contribution is 7.47. The van der Waals surface area contributed by atoms with E-state index in [0.717, 1.165) is 57.8 Å². The highest BCUT2D eigenvalue weighted by Crippen LogP contribution is 2.43. The molecular weight excluding hydrogens is 1040 g/mol. The molecule has 0 saturated carbocycles. The van der Waals surface area contributed by atoms with Gasteiger partial charge in [0.2, 0.25) is 5.91 Å². The maximum Gasteiger partial charge on any atom is 0.472 e. The molecule has 9 nitrogen and oxygen atoms in total. The molecular formula is C72H142N2O7P+. The molecule has 0 heterocycles. The molecule has 3 unspecified atom stereocenters. The lowest BCUT2D eigenvalue weighted by Crippen LogP contribution is -2.47. The lowest BCUT2D eigenvalue weighted by atomic mass is 10.0. The first kappa shape index (κ1) is 80.5. The van der Waals surface area contributed by atoms with Crippen molar-refractivity contribution in [2.45, 2.75) is 386 Å². The van der Waals surface area contributed by atoms with Crippen LogP contribution in [0.15, 0.2) is 24.3 Å². The topological polar surface area (TPSA) is 111 Å². The lowest BCUT2D eigenvalue weighted by Gasteiger charge is -2.27. The Morgan fingerprint density at radius 1 is 0.415 bits per heavy atom. The molecule has 0 rings (SSSR count). The Kier molecular flexibility index (Phi) is 61.4. The zero-order valence-corrected chi connectivity index (χ0v) is 56.7. The van der Waals surface area contributed by atoms with Gasteiger partial charge in [0, 0.05) is 12.8 Å². The molecule has 0 saturated heterocycles. The van der Waals surface area contributed by atoms with Crippen molar-refractivity contribution >= 4 is 19.7 Å². The Bertz CT molecular complexity index is 1450. The van der Waals surface area contributed by atoms with E-state index in [1.165, 1.54) is 283 Å². The third-order valence-corrected chi connectivity index (χ3v) is 17.6. The second-order valence-corrected chi connectivity index (χ2v) is 27.6. The number of ether oxygens (including phenoxy) is 1. The number of hydrogen-bond donors (Lipinski definition) is 2. The maximum atomic E-state index is 13.6. The van der Waals surface area contributed by atoms with Crippen LogP contribution < -0.4 is 5.32 Å². The van der Waals surface area contributed by atoms with Gasteiger partial charge < -0.3 is 19.4 Å². The predicted molar refractivity (Wildman–Crippen MR) is 356 cm³/mol. The van der Waals surface area contributed by atoms with Crippen LogP contribution in [0.2, 0.25) is 0 Å². The van der Waals surface area contributed by atoms with E-state index in [9.17, 15) is 19.0 Å². The Balaban J connectivity index is 4.98. The van der Waals surface area contributed by atoms with Gasteiger partial charge in [0.15, 0.2) is 0 Å². The van der Waals surface area contributed by atoms with Crippen LogP contribution >= 0.6 is 7.82 Å². The molecule has 3 atom stereocenters. The normalized spacial score (nSPS) is 13.6. The third kappa shape index (κ3) is 63.0. The fraction of sp³-hybridized carbons (Fsp3) is 0.917. The number of hydrogen-bond acceptors (Lipinski definition) is 6. The summed E-state index contributed by atoms with van der Waals surface area (Å²) < 4.78 is 30.8. The van der Waals surface area contributed by atoms with Crippen molar-refractivity contribution in [3.8, 4) is 0 Å². The Hall–Kier alpha value is -1.51. The number of quaternary nitrogens is 1. The van der Waals surface area contributed by atoms with Crippen LogP contribution in [-0.4, -0.2) is 74.3 Å². The molecule has 0 radical (unpaired) electrons. The second kappa shape index (κ2) is 62.5. The van der Waals surface area contributed by atoms with Crippen LogP contribution in [0.5, 0.6) is 0 Å². The van der Waals surface area contributed by atoms with Crippen molar-refractivity contribution < 1.29 is 37.3 Å². The first-order chi connectivity index (χ1) is 39.9. The van der Waals surface area contributed by atoms with Crippen molar-refractivity contribution in [1.82, 2.24) is 5.32 Å². The molecule has 0 aliphatic rings. The van der Waals surface area contributed by atoms with Crippen molar-refractivity contribution in [3.05, 3.63) is 24.3 Å². The minimum atomic E-state index is -4.45. The van der Waals surface area contributed by atoms with Crippen LogP contribution in [0.4, 0.5) is 0 Å². The van der Waals surface area contributed by atoms with Gasteiger partial charge >= 0.3 is 13.8 Å². The first-order valence-electron chi connectivity index (χ1n) is 36.2. The van der Waals surface area contributed by atoms with E-state index in [4.69, 9.17) is 13.8 Å². The summed E-state index contributed by atoms with van der Waals surface area (Å²) in [6.07, 6.45) is 76.2. The van der Waals surface area contributed by atoms with E-state index < -0.39 is 20.0 Å². The van der Waals surface area contributed by atoms with Crippen molar-refractivity contribution in [3.63, 3.8) is 0 Å². The number of rotatable bonds is 67. The number of phosphoric acid groups is 1. The lowest BCUT2D eigenvalue weighted by molar-refractivity contribution is -0.870. The molecule has 486 valence electrons. The number of unbranched alkanes of at least 4 members (excludes halogenated alkanes) is 49. The standard InChI is InChI=1S/C72H141N2O7P/c1-7-10-13-16-19-22-25-28-30-32-33-34-35-36-37-38-39-40-41-42-44-47-50-53-56-59-62-65-72(76)81-70(63-60-57-54-51-48-45-27-24-21-18-15-12-9-3)69(68-80-82(77,78)79-67-66-74(4,5)6)73-71(75)64-61-58-55-52-49-46-43-31-29-26-23-20-17-14-11-8-2/h28,30,60,63,69-70H,7-27,29,31-59,61-62,64-68H2,1-6H3,(H-,73,75,77,78)/p+1/b30-28+,63-60-. The molecule has 0 aliphatic carbocycles. The van der Waals surface area contributed by atoms with Gasteiger partial charge in [-0.15, -0.1) is 0 Å². The number of likely N-dealkylation sites (N-methyl/N-ethyl adjacent to an activating group) is 1. The van der Waals surface area contributed by atoms with E-state index in [-0.39, 0.29) is 25.1 Å². The van der Waals surface area contributed by atoms with Crippen molar-refractivity contribution in [1.29, 1.82) is 0 Å². The first-order valence-corrected chi connectivity index (χ1v) is 37.7. The second-order valence-electron chi connectivity index (χ2n) is 26.1. The summed E-state index contributed by atoms with van der Waals surface area (Å²) in [5.74, 6) is -0.480. The van der Waals surface area contributed by atoms with Gasteiger partial charge in [-0.05, 0) is 57.4 Å². The van der Waals surface area contributed by atoms with E-state index in [2.05, 4.69) is 44.3 Å². The number of carbonyl (C=O) groups is 2. The van der Waals surface area contributed by atoms with Crippen LogP contribution in [0.25, 0.3) is 0 Å². The molecule has 10 heteroatoms. The minimum absolute atomic E-state index is 0.0450. The molecule has 82 heavy (non-hydrogen) atoms. The summed E-state index contributed by atoms with van der Waals surface area (Å²) in [4.78, 5) is 37.9. The van der Waals surface area contributed by atoms with E-state index in [1.54, 1.807) is 0 Å². The van der Waals surface area contributed by atoms with Crippen LogP contribution in [0.3, 0.4) is 0 Å². The minimum Gasteiger partial charge on any atom is -0.456 e. The van der Waals surface area contributed by atoms with Crippen molar-refractivity contribution in [2.24, 2.45) is 0 Å². The van der Waals surface area contributed by atoms with Gasteiger partial charge in [0.05, 0.1) is 33.8 Å². The Labute approximate surface area is 511 Å². The van der Waals surface area contributed by atoms with Gasteiger partial charge in [-0.25, -0.2) is 4.57 Å². The third-order valence-electron chi connectivity index (χ3n) is 16.6. The summed E-state index contributed by atoms with van der Waals surface area (Å²) >= 11 is 0. The number of allylic oxidation sites excluding steroid dienone is 3. The number of carbonyl (C=O) groups excluding carboxylic acids is 2. The van der Waals surface area contributed by atoms with E-state index in [1.807, 2.05) is 27.2 Å². The molecule has 0 fully saturated rings. The quantitative estimate of drug-likeness (QED) is 0.0205. The van der Waals surface area contributed by atoms with Gasteiger partial charge in [-0.3, -0.25) is 18.6 Å². The monoisotopic (exact) mass is 1180 g/mol. The van der Waals surface area contributed by atoms with Gasteiger partial charge in [0.1, 0.15) is 19.3 Å². The fourth-order valence-corrected chi connectivity index (χ4v) is 11.8. The van der Waals surface area contributed by atoms with Gasteiger partial charge in [0.25, 0.3) is 0 Å². The molecule has 0 spiro atoms.